The van der Waals surface area contributed by atoms with Crippen molar-refractivity contribution in [1.82, 2.24) is 14.5 Å². The number of amides is 1. The topological polar surface area (TPSA) is 53.4 Å². The van der Waals surface area contributed by atoms with Gasteiger partial charge < -0.3 is 15.1 Å². The van der Waals surface area contributed by atoms with Crippen LogP contribution < -0.4 is 10.2 Å². The first kappa shape index (κ1) is 21.5. The summed E-state index contributed by atoms with van der Waals surface area (Å²) in [6.07, 6.45) is 0. The molecular weight excluding hydrogens is 434 g/mol. The molecule has 0 radical (unpaired) electrons. The van der Waals surface area contributed by atoms with Crippen molar-refractivity contribution in [3.8, 4) is 0 Å². The molecule has 0 spiro atoms. The molecule has 176 valence electrons. The van der Waals surface area contributed by atoms with Gasteiger partial charge in [-0.05, 0) is 43.7 Å². The zero-order valence-electron chi connectivity index (χ0n) is 20.1. The Labute approximate surface area is 205 Å². The summed E-state index contributed by atoms with van der Waals surface area (Å²) in [5.41, 5.74) is 7.10. The van der Waals surface area contributed by atoms with Crippen molar-refractivity contribution in [3.05, 3.63) is 101 Å². The Kier molecular flexibility index (Phi) is 5.29. The van der Waals surface area contributed by atoms with Crippen LogP contribution in [0.25, 0.3) is 11.0 Å². The second kappa shape index (κ2) is 8.62. The monoisotopic (exact) mass is 463 g/mol. The molecule has 1 atom stereocenters. The SMILES string of the molecule is CC1=C(C(=O)N2CCN(c3ccccc3)CC2)[C@@H](c2ccc(C)cc2)n2c(nc3ccccc32)N1. The molecule has 1 fully saturated rings. The highest BCUT2D eigenvalue weighted by Crippen LogP contribution is 2.40. The molecule has 1 N–H and O–H groups in total. The second-order valence-corrected chi connectivity index (χ2v) is 9.39. The summed E-state index contributed by atoms with van der Waals surface area (Å²) in [5.74, 6) is 0.872. The lowest BCUT2D eigenvalue weighted by Gasteiger charge is -2.39. The van der Waals surface area contributed by atoms with E-state index in [0.717, 1.165) is 46.9 Å². The van der Waals surface area contributed by atoms with Gasteiger partial charge in [-0.15, -0.1) is 0 Å². The number of imidazole rings is 1. The van der Waals surface area contributed by atoms with E-state index in [1.165, 1.54) is 11.3 Å². The van der Waals surface area contributed by atoms with E-state index in [2.05, 4.69) is 76.3 Å². The number of nitrogens with one attached hydrogen (secondary N) is 1. The first-order valence-electron chi connectivity index (χ1n) is 12.2. The van der Waals surface area contributed by atoms with Gasteiger partial charge in [-0.25, -0.2) is 4.98 Å². The van der Waals surface area contributed by atoms with Gasteiger partial charge in [0.1, 0.15) is 0 Å². The average molecular weight is 464 g/mol. The van der Waals surface area contributed by atoms with E-state index < -0.39 is 0 Å². The molecule has 35 heavy (non-hydrogen) atoms. The third-order valence-corrected chi connectivity index (χ3v) is 7.14. The number of hydrogen-bond donors (Lipinski definition) is 1. The van der Waals surface area contributed by atoms with E-state index in [9.17, 15) is 4.79 Å². The quantitative estimate of drug-likeness (QED) is 0.466. The van der Waals surface area contributed by atoms with Crippen molar-refractivity contribution in [2.75, 3.05) is 36.4 Å². The van der Waals surface area contributed by atoms with Gasteiger partial charge in [0.2, 0.25) is 5.95 Å². The van der Waals surface area contributed by atoms with E-state index in [0.29, 0.717) is 13.1 Å². The number of carbonyl (C=O) groups is 1. The number of aromatic nitrogens is 2. The van der Waals surface area contributed by atoms with Gasteiger partial charge in [0.05, 0.1) is 22.6 Å². The normalized spacial score (nSPS) is 17.9. The van der Waals surface area contributed by atoms with Crippen LogP contribution in [0.3, 0.4) is 0 Å². The molecule has 4 aromatic rings. The van der Waals surface area contributed by atoms with Gasteiger partial charge in [0, 0.05) is 37.6 Å². The summed E-state index contributed by atoms with van der Waals surface area (Å²) >= 11 is 0. The summed E-state index contributed by atoms with van der Waals surface area (Å²) < 4.78 is 2.18. The summed E-state index contributed by atoms with van der Waals surface area (Å²) in [5, 5.41) is 3.44. The van der Waals surface area contributed by atoms with Crippen molar-refractivity contribution in [3.63, 3.8) is 0 Å². The molecule has 0 saturated carbocycles. The van der Waals surface area contributed by atoms with Crippen LogP contribution in [0, 0.1) is 6.92 Å². The molecule has 6 heteroatoms. The van der Waals surface area contributed by atoms with Gasteiger partial charge >= 0.3 is 0 Å². The van der Waals surface area contributed by atoms with E-state index >= 15 is 0 Å². The molecule has 2 aliphatic heterocycles. The van der Waals surface area contributed by atoms with Gasteiger partial charge in [-0.2, -0.15) is 0 Å². The van der Waals surface area contributed by atoms with E-state index in [-0.39, 0.29) is 11.9 Å². The summed E-state index contributed by atoms with van der Waals surface area (Å²) in [4.78, 5) is 23.3. The maximum Gasteiger partial charge on any atom is 0.254 e. The van der Waals surface area contributed by atoms with E-state index in [4.69, 9.17) is 4.98 Å². The zero-order chi connectivity index (χ0) is 23.9. The number of aryl methyl sites for hydroxylation is 1. The van der Waals surface area contributed by atoms with Gasteiger partial charge in [-0.3, -0.25) is 9.36 Å². The molecule has 0 aliphatic carbocycles. The fourth-order valence-corrected chi connectivity index (χ4v) is 5.28. The van der Waals surface area contributed by atoms with Crippen molar-refractivity contribution in [2.45, 2.75) is 19.9 Å². The Bertz CT molecular complexity index is 1410. The number of anilines is 2. The van der Waals surface area contributed by atoms with Crippen molar-refractivity contribution < 1.29 is 4.79 Å². The molecule has 3 heterocycles. The number of rotatable bonds is 3. The molecule has 1 aromatic heterocycles. The smallest absolute Gasteiger partial charge is 0.254 e. The largest absolute Gasteiger partial charge is 0.368 e. The van der Waals surface area contributed by atoms with E-state index in [1.54, 1.807) is 0 Å². The Morgan fingerprint density at radius 1 is 0.857 bits per heavy atom. The fourth-order valence-electron chi connectivity index (χ4n) is 5.28. The highest BCUT2D eigenvalue weighted by molar-refractivity contribution is 5.98. The maximum atomic E-state index is 14.1. The molecule has 0 unspecified atom stereocenters. The highest BCUT2D eigenvalue weighted by Gasteiger charge is 2.36. The van der Waals surface area contributed by atoms with Crippen LogP contribution in [0.1, 0.15) is 24.1 Å². The van der Waals surface area contributed by atoms with Gasteiger partial charge in [0.15, 0.2) is 0 Å². The number of carbonyl (C=O) groups excluding carboxylic acids is 1. The minimum absolute atomic E-state index is 0.0942. The summed E-state index contributed by atoms with van der Waals surface area (Å²) in [6.45, 7) is 7.13. The van der Waals surface area contributed by atoms with Crippen molar-refractivity contribution in [1.29, 1.82) is 0 Å². The third-order valence-electron chi connectivity index (χ3n) is 7.14. The van der Waals surface area contributed by atoms with Crippen LogP contribution in [0.2, 0.25) is 0 Å². The predicted molar refractivity (Wildman–Crippen MR) is 141 cm³/mol. The fraction of sp³-hybridized carbons (Fsp3) is 0.241. The molecular formula is C29H29N5O. The number of fused-ring (bicyclic) bond motifs is 3. The molecule has 2 aliphatic rings. The van der Waals surface area contributed by atoms with Crippen LogP contribution in [-0.2, 0) is 4.79 Å². The summed E-state index contributed by atoms with van der Waals surface area (Å²) in [6, 6.07) is 26.8. The Balaban J connectivity index is 1.37. The minimum Gasteiger partial charge on any atom is -0.368 e. The number of allylic oxidation sites excluding steroid dienone is 1. The molecule has 6 nitrogen and oxygen atoms in total. The number of hydrogen-bond acceptors (Lipinski definition) is 4. The third kappa shape index (κ3) is 3.75. The van der Waals surface area contributed by atoms with Crippen molar-refractivity contribution in [2.24, 2.45) is 0 Å². The van der Waals surface area contributed by atoms with Crippen LogP contribution in [0.5, 0.6) is 0 Å². The van der Waals surface area contributed by atoms with Gasteiger partial charge in [0.25, 0.3) is 5.91 Å². The lowest BCUT2D eigenvalue weighted by atomic mass is 9.93. The maximum absolute atomic E-state index is 14.1. The number of para-hydroxylation sites is 3. The van der Waals surface area contributed by atoms with Crippen molar-refractivity contribution >= 4 is 28.6 Å². The second-order valence-electron chi connectivity index (χ2n) is 9.39. The molecule has 1 amide bonds. The number of benzene rings is 3. The lowest BCUT2D eigenvalue weighted by Crippen LogP contribution is -2.50. The van der Waals surface area contributed by atoms with Crippen LogP contribution in [0.4, 0.5) is 11.6 Å². The number of nitrogens with zero attached hydrogens (tertiary/aromatic N) is 4. The van der Waals surface area contributed by atoms with Gasteiger partial charge in [-0.1, -0.05) is 60.2 Å². The van der Waals surface area contributed by atoms with Crippen LogP contribution in [0.15, 0.2) is 90.1 Å². The lowest BCUT2D eigenvalue weighted by molar-refractivity contribution is -0.127. The first-order valence-corrected chi connectivity index (χ1v) is 12.2. The molecule has 3 aromatic carbocycles. The molecule has 0 bridgehead atoms. The van der Waals surface area contributed by atoms with E-state index in [1.807, 2.05) is 36.1 Å². The Morgan fingerprint density at radius 3 is 2.29 bits per heavy atom. The first-order chi connectivity index (χ1) is 17.1. The average Bonchev–Trinajstić information content (AvgIpc) is 3.26. The molecule has 6 rings (SSSR count). The Morgan fingerprint density at radius 2 is 1.54 bits per heavy atom. The highest BCUT2D eigenvalue weighted by atomic mass is 16.2. The Hall–Kier alpha value is -4.06. The zero-order valence-corrected chi connectivity index (χ0v) is 20.1. The van der Waals surface area contributed by atoms with Crippen LogP contribution in [-0.4, -0.2) is 46.5 Å². The predicted octanol–water partition coefficient (Wildman–Crippen LogP) is 4.98. The standard InChI is InChI=1S/C29H29N5O/c1-20-12-14-22(15-13-20)27-26(21(2)30-29-31-24-10-6-7-11-25(24)34(27)29)28(35)33-18-16-32(17-19-33)23-8-4-3-5-9-23/h3-15,27H,16-19H2,1-2H3,(H,30,31)/t27-/m1/s1. The minimum atomic E-state index is -0.237. The van der Waals surface area contributed by atoms with Crippen LogP contribution >= 0.6 is 0 Å². The molecule has 1 saturated heterocycles. The number of piperazine rings is 1. The summed E-state index contributed by atoms with van der Waals surface area (Å²) in [7, 11) is 0.